The molecule has 7 nitrogen and oxygen atoms in total. The molecular weight excluding hydrogens is 443 g/mol. The predicted molar refractivity (Wildman–Crippen MR) is 117 cm³/mol. The number of aliphatic imine (C=N–C) groups is 1. The van der Waals surface area contributed by atoms with Crippen molar-refractivity contribution in [1.82, 2.24) is 20.5 Å². The van der Waals surface area contributed by atoms with E-state index in [-0.39, 0.29) is 36.4 Å². The first-order chi connectivity index (χ1) is 12.1. The number of amides is 1. The standard InChI is InChI=1S/C18H30N6O.HI/c1-4-5-10-20-18(21-13-17(25)23(2)3)22-15-9-12-24(14-15)16-8-6-7-11-19-16;/h6-8,11,15H,4-5,9-10,12-14H2,1-3H3,(H2,20,21,22);1H. The number of unbranched alkanes of at least 4 members (excludes halogenated alkanes) is 1. The van der Waals surface area contributed by atoms with Crippen LogP contribution in [0, 0.1) is 0 Å². The Labute approximate surface area is 173 Å². The van der Waals surface area contributed by atoms with Crippen molar-refractivity contribution in [3.05, 3.63) is 24.4 Å². The van der Waals surface area contributed by atoms with Crippen LogP contribution in [-0.4, -0.2) is 68.1 Å². The maximum absolute atomic E-state index is 11.8. The number of anilines is 1. The van der Waals surface area contributed by atoms with E-state index in [9.17, 15) is 4.79 Å². The fourth-order valence-corrected chi connectivity index (χ4v) is 2.64. The monoisotopic (exact) mass is 474 g/mol. The van der Waals surface area contributed by atoms with Crippen LogP contribution in [0.5, 0.6) is 0 Å². The second kappa shape index (κ2) is 11.9. The predicted octanol–water partition coefficient (Wildman–Crippen LogP) is 1.70. The average Bonchev–Trinajstić information content (AvgIpc) is 3.08. The van der Waals surface area contributed by atoms with Crippen LogP contribution >= 0.6 is 24.0 Å². The molecule has 1 aromatic heterocycles. The van der Waals surface area contributed by atoms with Crippen molar-refractivity contribution in [3.8, 4) is 0 Å². The van der Waals surface area contributed by atoms with Crippen LogP contribution in [0.4, 0.5) is 5.82 Å². The van der Waals surface area contributed by atoms with Gasteiger partial charge in [-0.3, -0.25) is 4.79 Å². The SMILES string of the molecule is CCCCNC(=NCC(=O)N(C)C)NC1CCN(c2ccccn2)C1.I. The molecule has 1 aliphatic heterocycles. The Morgan fingerprint density at radius 1 is 1.42 bits per heavy atom. The first-order valence-corrected chi connectivity index (χ1v) is 9.01. The van der Waals surface area contributed by atoms with E-state index in [0.717, 1.165) is 50.7 Å². The lowest BCUT2D eigenvalue weighted by Gasteiger charge is -2.20. The van der Waals surface area contributed by atoms with Crippen molar-refractivity contribution in [1.29, 1.82) is 0 Å². The third kappa shape index (κ3) is 7.35. The number of nitrogens with one attached hydrogen (secondary N) is 2. The molecule has 2 rings (SSSR count). The molecule has 1 atom stereocenters. The molecule has 1 aromatic rings. The second-order valence-corrected chi connectivity index (χ2v) is 6.50. The van der Waals surface area contributed by atoms with Crippen LogP contribution in [0.2, 0.25) is 0 Å². The zero-order valence-corrected chi connectivity index (χ0v) is 18.3. The Hall–Kier alpha value is -1.58. The maximum Gasteiger partial charge on any atom is 0.243 e. The van der Waals surface area contributed by atoms with Crippen LogP contribution in [0.25, 0.3) is 0 Å². The van der Waals surface area contributed by atoms with Gasteiger partial charge in [-0.1, -0.05) is 19.4 Å². The van der Waals surface area contributed by atoms with Gasteiger partial charge in [-0.05, 0) is 25.0 Å². The van der Waals surface area contributed by atoms with Crippen molar-refractivity contribution in [2.45, 2.75) is 32.2 Å². The first kappa shape index (κ1) is 22.5. The quantitative estimate of drug-likeness (QED) is 0.273. The summed E-state index contributed by atoms with van der Waals surface area (Å²) < 4.78 is 0. The molecule has 1 aliphatic rings. The Kier molecular flexibility index (Phi) is 10.3. The van der Waals surface area contributed by atoms with Crippen molar-refractivity contribution < 1.29 is 4.79 Å². The summed E-state index contributed by atoms with van der Waals surface area (Å²) in [6, 6.07) is 6.27. The van der Waals surface area contributed by atoms with Crippen LogP contribution in [-0.2, 0) is 4.79 Å². The molecule has 0 aromatic carbocycles. The van der Waals surface area contributed by atoms with Gasteiger partial charge < -0.3 is 20.4 Å². The summed E-state index contributed by atoms with van der Waals surface area (Å²) in [6.45, 7) is 5.02. The van der Waals surface area contributed by atoms with Gasteiger partial charge >= 0.3 is 0 Å². The van der Waals surface area contributed by atoms with Gasteiger partial charge in [0.05, 0.1) is 0 Å². The molecule has 2 heterocycles. The topological polar surface area (TPSA) is 72.9 Å². The molecule has 1 amide bonds. The normalized spacial score (nSPS) is 16.8. The molecule has 0 aliphatic carbocycles. The molecule has 26 heavy (non-hydrogen) atoms. The van der Waals surface area contributed by atoms with Gasteiger partial charge in [-0.25, -0.2) is 9.98 Å². The summed E-state index contributed by atoms with van der Waals surface area (Å²) in [6.07, 6.45) is 5.04. The van der Waals surface area contributed by atoms with Gasteiger partial charge in [0.2, 0.25) is 5.91 Å². The number of hydrogen-bond acceptors (Lipinski definition) is 4. The largest absolute Gasteiger partial charge is 0.356 e. The smallest absolute Gasteiger partial charge is 0.243 e. The van der Waals surface area contributed by atoms with Crippen LogP contribution in [0.15, 0.2) is 29.4 Å². The van der Waals surface area contributed by atoms with E-state index in [1.165, 1.54) is 0 Å². The van der Waals surface area contributed by atoms with Crippen molar-refractivity contribution in [2.75, 3.05) is 45.2 Å². The Morgan fingerprint density at radius 3 is 2.88 bits per heavy atom. The highest BCUT2D eigenvalue weighted by Crippen LogP contribution is 2.17. The summed E-state index contributed by atoms with van der Waals surface area (Å²) in [7, 11) is 3.49. The average molecular weight is 474 g/mol. The second-order valence-electron chi connectivity index (χ2n) is 6.50. The molecule has 0 saturated carbocycles. The lowest BCUT2D eigenvalue weighted by Crippen LogP contribution is -2.45. The Bertz CT molecular complexity index is 566. The van der Waals surface area contributed by atoms with Crippen LogP contribution in [0.1, 0.15) is 26.2 Å². The lowest BCUT2D eigenvalue weighted by molar-refractivity contribution is -0.127. The number of hydrogen-bond donors (Lipinski definition) is 2. The van der Waals surface area contributed by atoms with E-state index in [1.807, 2.05) is 24.4 Å². The highest BCUT2D eigenvalue weighted by Gasteiger charge is 2.24. The minimum atomic E-state index is -0.00174. The van der Waals surface area contributed by atoms with Gasteiger partial charge in [0.1, 0.15) is 12.4 Å². The van der Waals surface area contributed by atoms with E-state index in [0.29, 0.717) is 6.04 Å². The number of carbonyl (C=O) groups is 1. The Balaban J connectivity index is 0.00000338. The fraction of sp³-hybridized carbons (Fsp3) is 0.611. The molecule has 1 saturated heterocycles. The zero-order chi connectivity index (χ0) is 18.1. The number of nitrogens with zero attached hydrogens (tertiary/aromatic N) is 4. The van der Waals surface area contributed by atoms with E-state index in [1.54, 1.807) is 19.0 Å². The van der Waals surface area contributed by atoms with Crippen molar-refractivity contribution >= 4 is 41.7 Å². The molecule has 0 bridgehead atoms. The van der Waals surface area contributed by atoms with Gasteiger partial charge in [0.25, 0.3) is 0 Å². The number of guanidine groups is 1. The Morgan fingerprint density at radius 2 is 2.23 bits per heavy atom. The molecular formula is C18H31IN6O. The van der Waals surface area contributed by atoms with E-state index < -0.39 is 0 Å². The third-order valence-corrected chi connectivity index (χ3v) is 4.20. The molecule has 0 spiro atoms. The zero-order valence-electron chi connectivity index (χ0n) is 15.9. The molecule has 1 unspecified atom stereocenters. The summed E-state index contributed by atoms with van der Waals surface area (Å²) in [5.74, 6) is 1.72. The number of rotatable bonds is 7. The fourth-order valence-electron chi connectivity index (χ4n) is 2.64. The summed E-state index contributed by atoms with van der Waals surface area (Å²) in [4.78, 5) is 24.5. The molecule has 146 valence electrons. The molecule has 2 N–H and O–H groups in total. The molecule has 8 heteroatoms. The van der Waals surface area contributed by atoms with E-state index in [4.69, 9.17) is 0 Å². The summed E-state index contributed by atoms with van der Waals surface area (Å²) in [5.41, 5.74) is 0. The molecule has 0 radical (unpaired) electrons. The van der Waals surface area contributed by atoms with Gasteiger partial charge in [0, 0.05) is 46.0 Å². The summed E-state index contributed by atoms with van der Waals surface area (Å²) >= 11 is 0. The van der Waals surface area contributed by atoms with Gasteiger partial charge in [-0.2, -0.15) is 0 Å². The minimum absolute atomic E-state index is 0. The van der Waals surface area contributed by atoms with Crippen LogP contribution < -0.4 is 15.5 Å². The number of pyridine rings is 1. The van der Waals surface area contributed by atoms with Crippen LogP contribution in [0.3, 0.4) is 0 Å². The van der Waals surface area contributed by atoms with Gasteiger partial charge in [0.15, 0.2) is 5.96 Å². The number of aromatic nitrogens is 1. The van der Waals surface area contributed by atoms with E-state index >= 15 is 0 Å². The van der Waals surface area contributed by atoms with E-state index in [2.05, 4.69) is 32.4 Å². The summed E-state index contributed by atoms with van der Waals surface area (Å²) in [5, 5.41) is 6.80. The van der Waals surface area contributed by atoms with Crippen molar-refractivity contribution in [3.63, 3.8) is 0 Å². The van der Waals surface area contributed by atoms with Gasteiger partial charge in [-0.15, -0.1) is 24.0 Å². The number of carbonyl (C=O) groups excluding carboxylic acids is 1. The maximum atomic E-state index is 11.8. The first-order valence-electron chi connectivity index (χ1n) is 9.01. The number of halogens is 1. The van der Waals surface area contributed by atoms with Crippen molar-refractivity contribution in [2.24, 2.45) is 4.99 Å². The minimum Gasteiger partial charge on any atom is -0.356 e. The highest BCUT2D eigenvalue weighted by atomic mass is 127. The lowest BCUT2D eigenvalue weighted by atomic mass is 10.3. The number of likely N-dealkylation sites (N-methyl/N-ethyl adjacent to an activating group) is 1. The third-order valence-electron chi connectivity index (χ3n) is 4.20. The molecule has 1 fully saturated rings. The highest BCUT2D eigenvalue weighted by molar-refractivity contribution is 14.0.